The number of methoxy groups -OCH3 is 1. The van der Waals surface area contributed by atoms with Crippen LogP contribution in [-0.4, -0.2) is 13.3 Å². The molecule has 0 radical (unpaired) electrons. The quantitative estimate of drug-likeness (QED) is 0.582. The van der Waals surface area contributed by atoms with Gasteiger partial charge in [0, 0.05) is 0 Å². The highest BCUT2D eigenvalue weighted by Crippen LogP contribution is 2.29. The van der Waals surface area contributed by atoms with Gasteiger partial charge in [0.25, 0.3) is 0 Å². The zero-order chi connectivity index (χ0) is 16.8. The van der Waals surface area contributed by atoms with Gasteiger partial charge in [0.05, 0.1) is 17.7 Å². The molecule has 0 aliphatic heterocycles. The van der Waals surface area contributed by atoms with E-state index in [0.29, 0.717) is 10.8 Å². The molecule has 23 heavy (non-hydrogen) atoms. The number of carbonyl (C=O) groups excluding carboxylic acids is 1. The van der Waals surface area contributed by atoms with E-state index in [1.807, 2.05) is 13.0 Å². The highest BCUT2D eigenvalue weighted by atomic mass is 35.5. The number of aryl methyl sites for hydroxylation is 1. The van der Waals surface area contributed by atoms with Crippen molar-refractivity contribution in [3.05, 3.63) is 58.4 Å². The van der Waals surface area contributed by atoms with Gasteiger partial charge in [0.2, 0.25) is 0 Å². The number of hydrogen-bond acceptors (Lipinski definition) is 4. The summed E-state index contributed by atoms with van der Waals surface area (Å²) in [7, 11) is 1.17. The maximum absolute atomic E-state index is 14.0. The summed E-state index contributed by atoms with van der Waals surface area (Å²) in [5.41, 5.74) is 1.18. The first-order chi connectivity index (χ1) is 11.0. The summed E-state index contributed by atoms with van der Waals surface area (Å²) < 4.78 is 28.9. The first-order valence-electron chi connectivity index (χ1n) is 6.99. The number of halogens is 2. The van der Waals surface area contributed by atoms with Crippen LogP contribution in [0, 0.1) is 5.82 Å². The SMILES string of the molecule is CCc1ccc(OCc2c(F)cccc2OC(=O)OC)c(Cl)c1. The van der Waals surface area contributed by atoms with Crippen molar-refractivity contribution in [1.29, 1.82) is 0 Å². The van der Waals surface area contributed by atoms with Crippen molar-refractivity contribution in [2.24, 2.45) is 0 Å². The van der Waals surface area contributed by atoms with E-state index in [2.05, 4.69) is 4.74 Å². The lowest BCUT2D eigenvalue weighted by Crippen LogP contribution is -2.11. The molecular formula is C17H16ClFO4. The van der Waals surface area contributed by atoms with Crippen molar-refractivity contribution in [3.63, 3.8) is 0 Å². The Balaban J connectivity index is 2.18. The van der Waals surface area contributed by atoms with Crippen molar-refractivity contribution in [2.75, 3.05) is 7.11 Å². The smallest absolute Gasteiger partial charge is 0.487 e. The van der Waals surface area contributed by atoms with Crippen LogP contribution < -0.4 is 9.47 Å². The molecule has 0 bridgehead atoms. The first kappa shape index (κ1) is 17.1. The van der Waals surface area contributed by atoms with Crippen LogP contribution in [0.4, 0.5) is 9.18 Å². The third kappa shape index (κ3) is 4.36. The fourth-order valence-corrected chi connectivity index (χ4v) is 2.19. The lowest BCUT2D eigenvalue weighted by atomic mass is 10.1. The van der Waals surface area contributed by atoms with Gasteiger partial charge in [-0.1, -0.05) is 30.7 Å². The molecule has 0 unspecified atom stereocenters. The summed E-state index contributed by atoms with van der Waals surface area (Å²) >= 11 is 6.14. The molecule has 0 heterocycles. The molecule has 4 nitrogen and oxygen atoms in total. The number of ether oxygens (including phenoxy) is 3. The van der Waals surface area contributed by atoms with E-state index in [-0.39, 0.29) is 17.9 Å². The molecular weight excluding hydrogens is 323 g/mol. The summed E-state index contributed by atoms with van der Waals surface area (Å²) in [6, 6.07) is 9.55. The van der Waals surface area contributed by atoms with E-state index >= 15 is 0 Å². The maximum Gasteiger partial charge on any atom is 0.513 e. The number of carbonyl (C=O) groups is 1. The Morgan fingerprint density at radius 3 is 2.65 bits per heavy atom. The fourth-order valence-electron chi connectivity index (χ4n) is 1.94. The summed E-state index contributed by atoms with van der Waals surface area (Å²) in [4.78, 5) is 11.2. The van der Waals surface area contributed by atoms with Gasteiger partial charge in [0.1, 0.15) is 23.9 Å². The average Bonchev–Trinajstić information content (AvgIpc) is 2.55. The van der Waals surface area contributed by atoms with Gasteiger partial charge in [-0.2, -0.15) is 0 Å². The molecule has 0 atom stereocenters. The Labute approximate surface area is 138 Å². The topological polar surface area (TPSA) is 44.8 Å². The molecule has 0 spiro atoms. The van der Waals surface area contributed by atoms with Gasteiger partial charge in [-0.15, -0.1) is 0 Å². The minimum atomic E-state index is -0.929. The highest BCUT2D eigenvalue weighted by molar-refractivity contribution is 6.32. The van der Waals surface area contributed by atoms with Gasteiger partial charge in [-0.05, 0) is 36.2 Å². The molecule has 2 aromatic rings. The van der Waals surface area contributed by atoms with Crippen LogP contribution in [0.5, 0.6) is 11.5 Å². The maximum atomic E-state index is 14.0. The number of rotatable bonds is 5. The second-order valence-corrected chi connectivity index (χ2v) is 5.09. The normalized spacial score (nSPS) is 10.3. The second-order valence-electron chi connectivity index (χ2n) is 4.68. The third-order valence-electron chi connectivity index (χ3n) is 3.21. The molecule has 0 aliphatic rings. The number of hydrogen-bond donors (Lipinski definition) is 0. The number of benzene rings is 2. The van der Waals surface area contributed by atoms with Gasteiger partial charge in [0.15, 0.2) is 0 Å². The standard InChI is InChI=1S/C17H16ClFO4/c1-3-11-7-8-16(13(18)9-11)22-10-12-14(19)5-4-6-15(12)23-17(20)21-2/h4-9H,3,10H2,1-2H3. The molecule has 0 N–H and O–H groups in total. The molecule has 2 rings (SSSR count). The van der Waals surface area contributed by atoms with Crippen molar-refractivity contribution in [1.82, 2.24) is 0 Å². The van der Waals surface area contributed by atoms with Crippen LogP contribution in [0.15, 0.2) is 36.4 Å². The van der Waals surface area contributed by atoms with Crippen molar-refractivity contribution < 1.29 is 23.4 Å². The highest BCUT2D eigenvalue weighted by Gasteiger charge is 2.15. The zero-order valence-corrected chi connectivity index (χ0v) is 13.5. The predicted molar refractivity (Wildman–Crippen MR) is 84.6 cm³/mol. The third-order valence-corrected chi connectivity index (χ3v) is 3.51. The largest absolute Gasteiger partial charge is 0.513 e. The summed E-state index contributed by atoms with van der Waals surface area (Å²) in [6.07, 6.45) is -0.0769. The van der Waals surface area contributed by atoms with Crippen LogP contribution in [0.25, 0.3) is 0 Å². The van der Waals surface area contributed by atoms with Crippen molar-refractivity contribution in [3.8, 4) is 11.5 Å². The summed E-state index contributed by atoms with van der Waals surface area (Å²) in [6.45, 7) is 1.88. The van der Waals surface area contributed by atoms with E-state index in [4.69, 9.17) is 21.1 Å². The van der Waals surface area contributed by atoms with Crippen LogP contribution in [0.2, 0.25) is 5.02 Å². The molecule has 0 amide bonds. The molecule has 122 valence electrons. The molecule has 0 aromatic heterocycles. The Kier molecular flexibility index (Phi) is 5.82. The lowest BCUT2D eigenvalue weighted by Gasteiger charge is -2.13. The Morgan fingerprint density at radius 2 is 2.00 bits per heavy atom. The predicted octanol–water partition coefficient (Wildman–Crippen LogP) is 4.77. The van der Waals surface area contributed by atoms with Crippen molar-refractivity contribution >= 4 is 17.8 Å². The Hall–Kier alpha value is -2.27. The van der Waals surface area contributed by atoms with Gasteiger partial charge >= 0.3 is 6.16 Å². The Bertz CT molecular complexity index is 703. The molecule has 2 aromatic carbocycles. The Morgan fingerprint density at radius 1 is 1.22 bits per heavy atom. The second kappa shape index (κ2) is 7.83. The van der Waals surface area contributed by atoms with Crippen LogP contribution >= 0.6 is 11.6 Å². The molecule has 0 saturated heterocycles. The van der Waals surface area contributed by atoms with Gasteiger partial charge < -0.3 is 14.2 Å². The van der Waals surface area contributed by atoms with Crippen LogP contribution in [0.1, 0.15) is 18.1 Å². The molecule has 0 aliphatic carbocycles. The minimum Gasteiger partial charge on any atom is -0.487 e. The van der Waals surface area contributed by atoms with E-state index in [1.165, 1.54) is 25.3 Å². The summed E-state index contributed by atoms with van der Waals surface area (Å²) in [5.74, 6) is -0.0815. The molecule has 0 saturated carbocycles. The van der Waals surface area contributed by atoms with E-state index in [0.717, 1.165) is 12.0 Å². The van der Waals surface area contributed by atoms with Crippen LogP contribution in [-0.2, 0) is 17.8 Å². The van der Waals surface area contributed by atoms with Crippen molar-refractivity contribution in [2.45, 2.75) is 20.0 Å². The van der Waals surface area contributed by atoms with Gasteiger partial charge in [-0.25, -0.2) is 9.18 Å². The lowest BCUT2D eigenvalue weighted by molar-refractivity contribution is 0.120. The first-order valence-corrected chi connectivity index (χ1v) is 7.37. The fraction of sp³-hybridized carbons (Fsp3) is 0.235. The van der Waals surface area contributed by atoms with E-state index < -0.39 is 12.0 Å². The minimum absolute atomic E-state index is 0.0400. The average molecular weight is 339 g/mol. The molecule has 6 heteroatoms. The van der Waals surface area contributed by atoms with E-state index in [9.17, 15) is 9.18 Å². The van der Waals surface area contributed by atoms with E-state index in [1.54, 1.807) is 12.1 Å². The monoisotopic (exact) mass is 338 g/mol. The van der Waals surface area contributed by atoms with Crippen LogP contribution in [0.3, 0.4) is 0 Å². The summed E-state index contributed by atoms with van der Waals surface area (Å²) in [5, 5.41) is 0.441. The molecule has 0 fully saturated rings. The van der Waals surface area contributed by atoms with Gasteiger partial charge in [-0.3, -0.25) is 0 Å². The zero-order valence-electron chi connectivity index (χ0n) is 12.8.